The van der Waals surface area contributed by atoms with Gasteiger partial charge in [0.05, 0.1) is 16.3 Å². The van der Waals surface area contributed by atoms with E-state index in [1.165, 1.54) is 5.56 Å². The molecule has 0 radical (unpaired) electrons. The summed E-state index contributed by atoms with van der Waals surface area (Å²) in [5, 5.41) is 3.18. The lowest BCUT2D eigenvalue weighted by molar-refractivity contribution is 0.187. The molecule has 3 heterocycles. The molecular formula is C28H36BrN7O. The Labute approximate surface area is 228 Å². The van der Waals surface area contributed by atoms with Crippen LogP contribution >= 0.6 is 15.9 Å². The second kappa shape index (κ2) is 13.5. The maximum absolute atomic E-state index is 6.31. The van der Waals surface area contributed by atoms with Gasteiger partial charge in [0.2, 0.25) is 0 Å². The lowest BCUT2D eigenvalue weighted by atomic mass is 10.2. The van der Waals surface area contributed by atoms with E-state index >= 15 is 0 Å². The first-order valence-corrected chi connectivity index (χ1v) is 13.6. The predicted octanol–water partition coefficient (Wildman–Crippen LogP) is 4.66. The molecule has 2 aromatic heterocycles. The molecule has 8 nitrogen and oxygen atoms in total. The Kier molecular flexibility index (Phi) is 9.87. The molecule has 1 aliphatic rings. The van der Waals surface area contributed by atoms with E-state index in [1.807, 2.05) is 56.0 Å². The lowest BCUT2D eigenvalue weighted by Gasteiger charge is -2.37. The molecule has 1 saturated heterocycles. The molecule has 0 aliphatic carbocycles. The summed E-state index contributed by atoms with van der Waals surface area (Å²) in [5.41, 5.74) is 10.2. The Balaban J connectivity index is 1.43. The third kappa shape index (κ3) is 7.50. The summed E-state index contributed by atoms with van der Waals surface area (Å²) >= 11 is 3.69. The Bertz CT molecular complexity index is 1150. The molecular weight excluding hydrogens is 530 g/mol. The maximum atomic E-state index is 6.31. The molecule has 1 fully saturated rings. The van der Waals surface area contributed by atoms with Crippen molar-refractivity contribution in [2.24, 2.45) is 4.99 Å². The van der Waals surface area contributed by atoms with Crippen LogP contribution in [0.1, 0.15) is 30.9 Å². The zero-order chi connectivity index (χ0) is 26.0. The number of nitrogens with zero attached hydrogens (tertiary/aromatic N) is 5. The van der Waals surface area contributed by atoms with Crippen LogP contribution in [0.2, 0.25) is 0 Å². The second-order valence-electron chi connectivity index (χ2n) is 9.18. The predicted molar refractivity (Wildman–Crippen MR) is 155 cm³/mol. The minimum atomic E-state index is 0.201. The van der Waals surface area contributed by atoms with Crippen molar-refractivity contribution in [3.8, 4) is 5.75 Å². The van der Waals surface area contributed by atoms with Gasteiger partial charge in [-0.15, -0.1) is 0 Å². The Morgan fingerprint density at radius 2 is 1.95 bits per heavy atom. The zero-order valence-corrected chi connectivity index (χ0v) is 23.2. The van der Waals surface area contributed by atoms with Gasteiger partial charge in [-0.25, -0.2) is 4.98 Å². The number of piperazine rings is 1. The van der Waals surface area contributed by atoms with E-state index in [0.717, 1.165) is 73.6 Å². The highest BCUT2D eigenvalue weighted by Crippen LogP contribution is 2.39. The molecule has 0 spiro atoms. The third-order valence-corrected chi connectivity index (χ3v) is 7.11. The number of rotatable bonds is 11. The highest BCUT2D eigenvalue weighted by molar-refractivity contribution is 9.10. The zero-order valence-electron chi connectivity index (χ0n) is 21.6. The van der Waals surface area contributed by atoms with Gasteiger partial charge in [-0.05, 0) is 83.8 Å². The molecule has 3 aromatic rings. The molecule has 1 atom stereocenters. The van der Waals surface area contributed by atoms with Crippen molar-refractivity contribution in [2.75, 3.05) is 50.4 Å². The van der Waals surface area contributed by atoms with Gasteiger partial charge < -0.3 is 20.7 Å². The number of hydrogen-bond acceptors (Lipinski definition) is 8. The van der Waals surface area contributed by atoms with Crippen LogP contribution in [0.4, 0.5) is 17.2 Å². The minimum Gasteiger partial charge on any atom is -0.490 e. The van der Waals surface area contributed by atoms with E-state index in [2.05, 4.69) is 54.0 Å². The first-order chi connectivity index (χ1) is 18.1. The number of nitrogens with one attached hydrogen (secondary N) is 1. The van der Waals surface area contributed by atoms with Gasteiger partial charge in [-0.3, -0.25) is 14.9 Å². The first kappa shape index (κ1) is 27.0. The standard InChI is InChI=1S/C28H36BrN7O/c1-3-23(10-12-31-2)37-24-8-6-21(7-9-24)18-33-26-27(25(29)19-34-28(26)30)36-15-13-35(14-16-36)20-22-5-4-11-32-17-22/h4-9,11,17-19,23,31H,3,10,12-16,20H2,1-2H3,(H2,30,34). The Hall–Kier alpha value is -3.01. The maximum Gasteiger partial charge on any atom is 0.151 e. The van der Waals surface area contributed by atoms with Crippen LogP contribution in [-0.2, 0) is 6.54 Å². The van der Waals surface area contributed by atoms with E-state index in [9.17, 15) is 0 Å². The molecule has 1 unspecified atom stereocenters. The number of anilines is 2. The third-order valence-electron chi connectivity index (χ3n) is 6.52. The van der Waals surface area contributed by atoms with E-state index < -0.39 is 0 Å². The molecule has 196 valence electrons. The van der Waals surface area contributed by atoms with Crippen LogP contribution in [0.25, 0.3) is 0 Å². The molecule has 0 bridgehead atoms. The van der Waals surface area contributed by atoms with E-state index in [0.29, 0.717) is 11.5 Å². The second-order valence-corrected chi connectivity index (χ2v) is 10.0. The number of nitrogen functional groups attached to an aromatic ring is 1. The van der Waals surface area contributed by atoms with Gasteiger partial charge in [-0.2, -0.15) is 0 Å². The van der Waals surface area contributed by atoms with Gasteiger partial charge in [0.1, 0.15) is 11.4 Å². The highest BCUT2D eigenvalue weighted by Gasteiger charge is 2.23. The first-order valence-electron chi connectivity index (χ1n) is 12.8. The lowest BCUT2D eigenvalue weighted by Crippen LogP contribution is -2.46. The Morgan fingerprint density at radius 1 is 1.16 bits per heavy atom. The highest BCUT2D eigenvalue weighted by atomic mass is 79.9. The summed E-state index contributed by atoms with van der Waals surface area (Å²) in [7, 11) is 1.96. The van der Waals surface area contributed by atoms with Crippen LogP contribution in [0.15, 0.2) is 64.5 Å². The fourth-order valence-corrected chi connectivity index (χ4v) is 4.95. The SMILES string of the molecule is CCC(CCNC)Oc1ccc(C=Nc2c(N)ncc(Br)c2N2CCN(Cc3cccnc3)CC2)cc1. The van der Waals surface area contributed by atoms with Gasteiger partial charge in [0.15, 0.2) is 5.82 Å². The fourth-order valence-electron chi connectivity index (χ4n) is 4.41. The smallest absolute Gasteiger partial charge is 0.151 e. The molecule has 9 heteroatoms. The van der Waals surface area contributed by atoms with Crippen molar-refractivity contribution in [1.29, 1.82) is 0 Å². The number of benzene rings is 1. The van der Waals surface area contributed by atoms with Crippen molar-refractivity contribution >= 4 is 39.3 Å². The van der Waals surface area contributed by atoms with Crippen molar-refractivity contribution in [2.45, 2.75) is 32.4 Å². The van der Waals surface area contributed by atoms with Crippen LogP contribution in [0.3, 0.4) is 0 Å². The van der Waals surface area contributed by atoms with Gasteiger partial charge >= 0.3 is 0 Å². The average Bonchev–Trinajstić information content (AvgIpc) is 2.93. The molecule has 3 N–H and O–H groups in total. The number of pyridine rings is 2. The number of nitrogens with two attached hydrogens (primary N) is 1. The summed E-state index contributed by atoms with van der Waals surface area (Å²) in [6.45, 7) is 7.64. The van der Waals surface area contributed by atoms with Crippen molar-refractivity contribution < 1.29 is 4.74 Å². The summed E-state index contributed by atoms with van der Waals surface area (Å²) in [6, 6.07) is 12.1. The number of aliphatic imine (C=N–C) groups is 1. The molecule has 4 rings (SSSR count). The van der Waals surface area contributed by atoms with Gasteiger partial charge in [0, 0.05) is 57.5 Å². The van der Waals surface area contributed by atoms with Crippen molar-refractivity contribution in [3.63, 3.8) is 0 Å². The number of hydrogen-bond donors (Lipinski definition) is 2. The minimum absolute atomic E-state index is 0.201. The Morgan fingerprint density at radius 3 is 2.62 bits per heavy atom. The molecule has 0 saturated carbocycles. The van der Waals surface area contributed by atoms with Crippen molar-refractivity contribution in [3.05, 3.63) is 70.6 Å². The molecule has 1 aromatic carbocycles. The molecule has 37 heavy (non-hydrogen) atoms. The summed E-state index contributed by atoms with van der Waals surface area (Å²) in [4.78, 5) is 18.2. The number of aromatic nitrogens is 2. The monoisotopic (exact) mass is 565 g/mol. The van der Waals surface area contributed by atoms with E-state index in [4.69, 9.17) is 15.5 Å². The number of halogens is 1. The topological polar surface area (TPSA) is 91.9 Å². The fraction of sp³-hybridized carbons (Fsp3) is 0.393. The van der Waals surface area contributed by atoms with Crippen LogP contribution in [-0.4, -0.2) is 67.0 Å². The summed E-state index contributed by atoms with van der Waals surface area (Å²) in [6.07, 6.45) is 9.49. The van der Waals surface area contributed by atoms with Gasteiger partial charge in [0.25, 0.3) is 0 Å². The summed E-state index contributed by atoms with van der Waals surface area (Å²) in [5.74, 6) is 1.29. The molecule has 0 amide bonds. The van der Waals surface area contributed by atoms with Gasteiger partial charge in [-0.1, -0.05) is 13.0 Å². The largest absolute Gasteiger partial charge is 0.490 e. The molecule has 1 aliphatic heterocycles. The quantitative estimate of drug-likeness (QED) is 0.326. The van der Waals surface area contributed by atoms with Crippen LogP contribution in [0, 0.1) is 0 Å². The number of ether oxygens (including phenoxy) is 1. The van der Waals surface area contributed by atoms with Crippen LogP contribution in [0.5, 0.6) is 5.75 Å². The normalized spacial score (nSPS) is 15.3. The van der Waals surface area contributed by atoms with Crippen LogP contribution < -0.4 is 20.7 Å². The van der Waals surface area contributed by atoms with E-state index in [1.54, 1.807) is 6.20 Å². The van der Waals surface area contributed by atoms with Crippen molar-refractivity contribution in [1.82, 2.24) is 20.2 Å². The average molecular weight is 567 g/mol. The summed E-state index contributed by atoms with van der Waals surface area (Å²) < 4.78 is 7.02. The van der Waals surface area contributed by atoms with E-state index in [-0.39, 0.29) is 6.10 Å².